The van der Waals surface area contributed by atoms with Gasteiger partial charge in [-0.15, -0.1) is 11.6 Å². The molecule has 1 aromatic heterocycles. The highest BCUT2D eigenvalue weighted by Gasteiger charge is 2.16. The van der Waals surface area contributed by atoms with Gasteiger partial charge in [0.05, 0.1) is 0 Å². The number of H-pyrrole nitrogens is 1. The van der Waals surface area contributed by atoms with Crippen molar-refractivity contribution in [3.05, 3.63) is 83.6 Å². The Balaban J connectivity index is 0.000000136. The summed E-state index contributed by atoms with van der Waals surface area (Å²) >= 11 is 5.68. The Morgan fingerprint density at radius 2 is 1.52 bits per heavy atom. The number of benzene rings is 2. The van der Waals surface area contributed by atoms with E-state index in [1.54, 1.807) is 24.3 Å². The van der Waals surface area contributed by atoms with Crippen LogP contribution in [0.2, 0.25) is 0 Å². The molecule has 0 unspecified atom stereocenters. The molecule has 0 amide bonds. The molecule has 2 aromatic carbocycles. The minimum Gasteiger partial charge on any atom is -0.361 e. The van der Waals surface area contributed by atoms with Gasteiger partial charge in [0.1, 0.15) is 0 Å². The Labute approximate surface area is 138 Å². The van der Waals surface area contributed by atoms with Crippen molar-refractivity contribution in [3.63, 3.8) is 0 Å². The first-order chi connectivity index (χ1) is 11.2. The minimum atomic E-state index is -0.0924. The normalized spacial score (nSPS) is 12.7. The van der Waals surface area contributed by atoms with E-state index in [9.17, 15) is 9.59 Å². The largest absolute Gasteiger partial charge is 0.361 e. The second-order valence-electron chi connectivity index (χ2n) is 5.14. The van der Waals surface area contributed by atoms with Crippen molar-refractivity contribution in [1.82, 2.24) is 4.98 Å². The van der Waals surface area contributed by atoms with Gasteiger partial charge in [-0.05, 0) is 41.3 Å². The number of carbonyl (C=O) groups is 2. The third-order valence-corrected chi connectivity index (χ3v) is 3.92. The highest BCUT2D eigenvalue weighted by Crippen LogP contribution is 2.16. The SMILES string of the molecule is ClCc1ccc2[nH]ccc2c1.O=C1C=CC(=O)c2ccccc21. The average molecular weight is 324 g/mol. The fourth-order valence-electron chi connectivity index (χ4n) is 2.43. The second kappa shape index (κ2) is 6.63. The van der Waals surface area contributed by atoms with Crippen LogP contribution in [0, 0.1) is 0 Å². The number of hydrogen-bond donors (Lipinski definition) is 1. The van der Waals surface area contributed by atoms with E-state index in [-0.39, 0.29) is 11.6 Å². The van der Waals surface area contributed by atoms with Gasteiger partial charge in [-0.25, -0.2) is 0 Å². The van der Waals surface area contributed by atoms with Crippen LogP contribution in [0.5, 0.6) is 0 Å². The van der Waals surface area contributed by atoms with Crippen molar-refractivity contribution in [2.45, 2.75) is 5.88 Å². The Bertz CT molecular complexity index is 871. The Hall–Kier alpha value is -2.65. The van der Waals surface area contributed by atoms with E-state index >= 15 is 0 Å². The van der Waals surface area contributed by atoms with E-state index in [0.29, 0.717) is 17.0 Å². The van der Waals surface area contributed by atoms with Crippen LogP contribution in [-0.2, 0) is 5.88 Å². The predicted molar refractivity (Wildman–Crippen MR) is 92.1 cm³/mol. The molecule has 23 heavy (non-hydrogen) atoms. The maximum absolute atomic E-state index is 11.2. The molecule has 1 aliphatic rings. The first-order valence-electron chi connectivity index (χ1n) is 7.17. The molecule has 0 spiro atoms. The van der Waals surface area contributed by atoms with Gasteiger partial charge in [0.15, 0.2) is 11.6 Å². The summed E-state index contributed by atoms with van der Waals surface area (Å²) in [7, 11) is 0. The third-order valence-electron chi connectivity index (χ3n) is 3.62. The van der Waals surface area contributed by atoms with Gasteiger partial charge in [-0.2, -0.15) is 0 Å². The van der Waals surface area contributed by atoms with E-state index in [1.165, 1.54) is 28.6 Å². The highest BCUT2D eigenvalue weighted by atomic mass is 35.5. The van der Waals surface area contributed by atoms with Crippen LogP contribution in [0.1, 0.15) is 26.3 Å². The molecule has 0 atom stereocenters. The summed E-state index contributed by atoms with van der Waals surface area (Å²) in [4.78, 5) is 25.5. The number of allylic oxidation sites excluding steroid dienone is 2. The van der Waals surface area contributed by atoms with Crippen LogP contribution >= 0.6 is 11.6 Å². The van der Waals surface area contributed by atoms with E-state index < -0.39 is 0 Å². The van der Waals surface area contributed by atoms with Crippen LogP contribution in [0.25, 0.3) is 10.9 Å². The number of fused-ring (bicyclic) bond motifs is 2. The standard InChI is InChI=1S/C10H6O2.C9H8ClN/c11-9-5-6-10(12)8-4-2-1-3-7(8)9;10-6-7-1-2-9-8(5-7)3-4-11-9/h1-6H;1-5,11H,6H2. The summed E-state index contributed by atoms with van der Waals surface area (Å²) < 4.78 is 0. The smallest absolute Gasteiger partial charge is 0.186 e. The quantitative estimate of drug-likeness (QED) is 0.669. The van der Waals surface area contributed by atoms with Gasteiger partial charge >= 0.3 is 0 Å². The first-order valence-corrected chi connectivity index (χ1v) is 7.70. The molecular weight excluding hydrogens is 310 g/mol. The fourth-order valence-corrected chi connectivity index (χ4v) is 2.60. The van der Waals surface area contributed by atoms with Gasteiger partial charge in [0.25, 0.3) is 0 Å². The molecule has 3 aromatic rings. The van der Waals surface area contributed by atoms with Crippen LogP contribution < -0.4 is 0 Å². The van der Waals surface area contributed by atoms with Crippen molar-refractivity contribution in [3.8, 4) is 0 Å². The molecule has 0 bridgehead atoms. The Morgan fingerprint density at radius 1 is 0.870 bits per heavy atom. The van der Waals surface area contributed by atoms with Crippen LogP contribution in [-0.4, -0.2) is 16.6 Å². The summed E-state index contributed by atoms with van der Waals surface area (Å²) in [5.41, 5.74) is 3.34. The summed E-state index contributed by atoms with van der Waals surface area (Å²) in [5, 5.41) is 1.23. The zero-order valence-electron chi connectivity index (χ0n) is 12.3. The number of ketones is 2. The molecule has 0 saturated heterocycles. The molecule has 0 radical (unpaired) electrons. The van der Waals surface area contributed by atoms with Crippen LogP contribution in [0.4, 0.5) is 0 Å². The van der Waals surface area contributed by atoms with Crippen molar-refractivity contribution < 1.29 is 9.59 Å². The molecule has 4 rings (SSSR count). The number of aromatic nitrogens is 1. The zero-order chi connectivity index (χ0) is 16.2. The summed E-state index contributed by atoms with van der Waals surface area (Å²) in [5.74, 6) is 0.400. The van der Waals surface area contributed by atoms with Gasteiger partial charge in [-0.3, -0.25) is 9.59 Å². The summed E-state index contributed by atoms with van der Waals surface area (Å²) in [6.45, 7) is 0. The lowest BCUT2D eigenvalue weighted by atomic mass is 9.95. The van der Waals surface area contributed by atoms with Crippen LogP contribution in [0.15, 0.2) is 66.9 Å². The summed E-state index contributed by atoms with van der Waals surface area (Å²) in [6.07, 6.45) is 4.55. The number of halogens is 1. The minimum absolute atomic E-state index is 0.0924. The topological polar surface area (TPSA) is 49.9 Å². The van der Waals surface area contributed by atoms with Crippen molar-refractivity contribution in [2.24, 2.45) is 0 Å². The number of hydrogen-bond acceptors (Lipinski definition) is 2. The maximum atomic E-state index is 11.2. The van der Waals surface area contributed by atoms with Gasteiger partial charge < -0.3 is 4.98 Å². The number of aromatic amines is 1. The van der Waals surface area contributed by atoms with Gasteiger partial charge in [-0.1, -0.05) is 30.3 Å². The summed E-state index contributed by atoms with van der Waals surface area (Å²) in [6, 6.07) is 15.1. The molecule has 1 N–H and O–H groups in total. The molecule has 0 fully saturated rings. The highest BCUT2D eigenvalue weighted by molar-refractivity contribution is 6.21. The molecule has 114 valence electrons. The molecule has 4 heteroatoms. The van der Waals surface area contributed by atoms with Crippen molar-refractivity contribution in [1.29, 1.82) is 0 Å². The van der Waals surface area contributed by atoms with E-state index in [2.05, 4.69) is 11.1 Å². The molecular formula is C19H14ClNO2. The maximum Gasteiger partial charge on any atom is 0.186 e. The first kappa shape index (κ1) is 15.3. The second-order valence-corrected chi connectivity index (χ2v) is 5.41. The lowest BCUT2D eigenvalue weighted by Crippen LogP contribution is -2.10. The Kier molecular flexibility index (Phi) is 4.40. The fraction of sp³-hybridized carbons (Fsp3) is 0.0526. The van der Waals surface area contributed by atoms with Crippen molar-refractivity contribution in [2.75, 3.05) is 0 Å². The van der Waals surface area contributed by atoms with Gasteiger partial charge in [0, 0.05) is 28.7 Å². The number of rotatable bonds is 1. The van der Waals surface area contributed by atoms with Crippen LogP contribution in [0.3, 0.4) is 0 Å². The number of alkyl halides is 1. The molecule has 0 saturated carbocycles. The van der Waals surface area contributed by atoms with E-state index in [1.807, 2.05) is 24.4 Å². The predicted octanol–water partition coefficient (Wildman–Crippen LogP) is 4.53. The molecule has 1 heterocycles. The third kappa shape index (κ3) is 3.25. The lowest BCUT2D eigenvalue weighted by Gasteiger charge is -2.06. The zero-order valence-corrected chi connectivity index (χ0v) is 13.0. The average Bonchev–Trinajstić information content (AvgIpc) is 3.06. The Morgan fingerprint density at radius 3 is 2.13 bits per heavy atom. The molecule has 1 aliphatic carbocycles. The molecule has 0 aliphatic heterocycles. The van der Waals surface area contributed by atoms with E-state index in [4.69, 9.17) is 11.6 Å². The molecule has 3 nitrogen and oxygen atoms in total. The monoisotopic (exact) mass is 323 g/mol. The number of nitrogens with one attached hydrogen (secondary N) is 1. The van der Waals surface area contributed by atoms with Gasteiger partial charge in [0.2, 0.25) is 0 Å². The van der Waals surface area contributed by atoms with Crippen molar-refractivity contribution >= 4 is 34.1 Å². The van der Waals surface area contributed by atoms with E-state index in [0.717, 1.165) is 0 Å². The lowest BCUT2D eigenvalue weighted by molar-refractivity contribution is 0.0994. The number of carbonyl (C=O) groups excluding carboxylic acids is 2.